The summed E-state index contributed by atoms with van der Waals surface area (Å²) >= 11 is 0. The standard InChI is InChI=1S/C35H40F2O/c1-3-5-7-12-26-38-35(24-11-6-4-2)25-23-32(33(36)34(35)37)31-21-19-30(20-22-31)29-17-15-28(16-18-29)27-13-9-8-10-14-27/h8-10,13-23,25,34H,3-7,11-12,24,26H2,1-2H3. The van der Waals surface area contributed by atoms with Crippen LogP contribution in [-0.4, -0.2) is 18.4 Å². The summed E-state index contributed by atoms with van der Waals surface area (Å²) in [5.74, 6) is -0.725. The monoisotopic (exact) mass is 514 g/mol. The average molecular weight is 515 g/mol. The number of hydrogen-bond donors (Lipinski definition) is 0. The van der Waals surface area contributed by atoms with Crippen LogP contribution in [-0.2, 0) is 4.74 Å². The Bertz CT molecular complexity index is 1190. The normalized spacial score (nSPS) is 19.2. The van der Waals surface area contributed by atoms with Crippen LogP contribution in [0, 0.1) is 0 Å². The van der Waals surface area contributed by atoms with Crippen molar-refractivity contribution in [3.63, 3.8) is 0 Å². The van der Waals surface area contributed by atoms with Crippen molar-refractivity contribution in [3.8, 4) is 22.3 Å². The van der Waals surface area contributed by atoms with Gasteiger partial charge in [-0.25, -0.2) is 8.78 Å². The second-order valence-corrected chi connectivity index (χ2v) is 10.3. The lowest BCUT2D eigenvalue weighted by atomic mass is 9.83. The maximum atomic E-state index is 15.7. The van der Waals surface area contributed by atoms with Crippen LogP contribution in [0.15, 0.2) is 96.8 Å². The minimum absolute atomic E-state index is 0.309. The van der Waals surface area contributed by atoms with Gasteiger partial charge in [0, 0.05) is 12.2 Å². The molecule has 3 aromatic carbocycles. The Morgan fingerprint density at radius 3 is 1.76 bits per heavy atom. The minimum atomic E-state index is -1.80. The highest BCUT2D eigenvalue weighted by molar-refractivity contribution is 5.80. The first-order valence-electron chi connectivity index (χ1n) is 14.2. The fourth-order valence-electron chi connectivity index (χ4n) is 5.15. The lowest BCUT2D eigenvalue weighted by Crippen LogP contribution is -2.43. The third-order valence-corrected chi connectivity index (χ3v) is 7.50. The zero-order chi connectivity index (χ0) is 26.8. The van der Waals surface area contributed by atoms with E-state index in [2.05, 4.69) is 50.2 Å². The highest BCUT2D eigenvalue weighted by Gasteiger charge is 2.44. The number of unbranched alkanes of at least 4 members (excludes halogenated alkanes) is 5. The maximum Gasteiger partial charge on any atom is 0.184 e. The molecular formula is C35H40F2O. The molecule has 2 unspecified atom stereocenters. The molecule has 0 saturated heterocycles. The fraction of sp³-hybridized carbons (Fsp3) is 0.371. The van der Waals surface area contributed by atoms with Gasteiger partial charge in [-0.3, -0.25) is 0 Å². The van der Waals surface area contributed by atoms with Crippen molar-refractivity contribution in [2.24, 2.45) is 0 Å². The van der Waals surface area contributed by atoms with E-state index in [4.69, 9.17) is 4.74 Å². The molecule has 0 saturated carbocycles. The number of halogens is 2. The van der Waals surface area contributed by atoms with Gasteiger partial charge in [0.2, 0.25) is 0 Å². The van der Waals surface area contributed by atoms with Crippen molar-refractivity contribution < 1.29 is 13.5 Å². The molecule has 1 nitrogen and oxygen atoms in total. The van der Waals surface area contributed by atoms with Crippen LogP contribution in [0.2, 0.25) is 0 Å². The Balaban J connectivity index is 1.49. The van der Waals surface area contributed by atoms with Crippen molar-refractivity contribution in [2.45, 2.75) is 77.0 Å². The van der Waals surface area contributed by atoms with Crippen molar-refractivity contribution in [2.75, 3.05) is 6.61 Å². The number of ether oxygens (including phenoxy) is 1. The van der Waals surface area contributed by atoms with Gasteiger partial charge < -0.3 is 4.74 Å². The molecule has 3 heteroatoms. The highest BCUT2D eigenvalue weighted by Crippen LogP contribution is 2.41. The van der Waals surface area contributed by atoms with Crippen LogP contribution in [0.3, 0.4) is 0 Å². The summed E-state index contributed by atoms with van der Waals surface area (Å²) < 4.78 is 37.4. The fourth-order valence-corrected chi connectivity index (χ4v) is 5.15. The van der Waals surface area contributed by atoms with E-state index in [0.717, 1.165) is 61.6 Å². The van der Waals surface area contributed by atoms with Crippen LogP contribution < -0.4 is 0 Å². The van der Waals surface area contributed by atoms with Gasteiger partial charge in [-0.15, -0.1) is 0 Å². The topological polar surface area (TPSA) is 9.23 Å². The molecule has 0 amide bonds. The molecule has 0 spiro atoms. The molecule has 4 rings (SSSR count). The highest BCUT2D eigenvalue weighted by atomic mass is 19.2. The SMILES string of the molecule is CCCCCCOC1(CCCCC)C=CC(c2ccc(-c3ccc(-c4ccccc4)cc3)cc2)=C(F)C1F. The number of allylic oxidation sites excluding steroid dienone is 2. The Morgan fingerprint density at radius 1 is 0.658 bits per heavy atom. The Morgan fingerprint density at radius 2 is 1.18 bits per heavy atom. The summed E-state index contributed by atoms with van der Waals surface area (Å²) in [6.45, 7) is 4.73. The molecule has 0 bridgehead atoms. The van der Waals surface area contributed by atoms with E-state index in [-0.39, 0.29) is 0 Å². The van der Waals surface area contributed by atoms with E-state index >= 15 is 8.78 Å². The molecule has 0 fully saturated rings. The van der Waals surface area contributed by atoms with Crippen molar-refractivity contribution in [3.05, 3.63) is 102 Å². The van der Waals surface area contributed by atoms with Gasteiger partial charge in [0.25, 0.3) is 0 Å². The van der Waals surface area contributed by atoms with Gasteiger partial charge >= 0.3 is 0 Å². The zero-order valence-electron chi connectivity index (χ0n) is 22.8. The van der Waals surface area contributed by atoms with Crippen LogP contribution in [0.25, 0.3) is 27.8 Å². The molecule has 0 aliphatic heterocycles. The maximum absolute atomic E-state index is 15.7. The molecule has 0 N–H and O–H groups in total. The summed E-state index contributed by atoms with van der Waals surface area (Å²) in [5.41, 5.74) is 4.23. The van der Waals surface area contributed by atoms with E-state index in [9.17, 15) is 0 Å². The van der Waals surface area contributed by atoms with Gasteiger partial charge in [-0.05, 0) is 46.7 Å². The van der Waals surface area contributed by atoms with E-state index < -0.39 is 17.6 Å². The molecule has 0 radical (unpaired) electrons. The molecule has 1 aliphatic carbocycles. The average Bonchev–Trinajstić information content (AvgIpc) is 2.97. The molecule has 0 aromatic heterocycles. The van der Waals surface area contributed by atoms with Gasteiger partial charge in [-0.2, -0.15) is 0 Å². The molecule has 1 aliphatic rings. The molecule has 2 atom stereocenters. The Hall–Kier alpha value is -3.04. The van der Waals surface area contributed by atoms with Gasteiger partial charge in [-0.1, -0.05) is 137 Å². The summed E-state index contributed by atoms with van der Waals surface area (Å²) in [5, 5.41) is 0. The second kappa shape index (κ2) is 13.7. The summed E-state index contributed by atoms with van der Waals surface area (Å²) in [6, 6.07) is 26.4. The van der Waals surface area contributed by atoms with Crippen molar-refractivity contribution in [1.29, 1.82) is 0 Å². The first-order chi connectivity index (χ1) is 18.6. The van der Waals surface area contributed by atoms with Crippen LogP contribution in [0.1, 0.15) is 70.8 Å². The summed E-state index contributed by atoms with van der Waals surface area (Å²) in [6.07, 6.45) is 9.21. The third kappa shape index (κ3) is 6.69. The molecule has 0 heterocycles. The lowest BCUT2D eigenvalue weighted by molar-refractivity contribution is -0.0651. The van der Waals surface area contributed by atoms with Gasteiger partial charge in [0.15, 0.2) is 6.17 Å². The molecular weight excluding hydrogens is 474 g/mol. The van der Waals surface area contributed by atoms with Gasteiger partial charge in [0.05, 0.1) is 0 Å². The van der Waals surface area contributed by atoms with Crippen molar-refractivity contribution in [1.82, 2.24) is 0 Å². The minimum Gasteiger partial charge on any atom is -0.367 e. The van der Waals surface area contributed by atoms with E-state index in [1.54, 1.807) is 12.2 Å². The predicted octanol–water partition coefficient (Wildman–Crippen LogP) is 10.5. The molecule has 38 heavy (non-hydrogen) atoms. The van der Waals surface area contributed by atoms with Crippen molar-refractivity contribution >= 4 is 5.57 Å². The lowest BCUT2D eigenvalue weighted by Gasteiger charge is -2.36. The number of rotatable bonds is 13. The molecule has 3 aromatic rings. The van der Waals surface area contributed by atoms with E-state index in [1.165, 1.54) is 5.56 Å². The summed E-state index contributed by atoms with van der Waals surface area (Å²) in [4.78, 5) is 0. The Kier molecular flexibility index (Phi) is 10.1. The first kappa shape index (κ1) is 28.0. The predicted molar refractivity (Wildman–Crippen MR) is 156 cm³/mol. The largest absolute Gasteiger partial charge is 0.367 e. The molecule has 200 valence electrons. The van der Waals surface area contributed by atoms with Crippen LogP contribution in [0.4, 0.5) is 8.78 Å². The Labute approximate surface area is 227 Å². The quantitative estimate of drug-likeness (QED) is 0.206. The van der Waals surface area contributed by atoms with Crippen LogP contribution in [0.5, 0.6) is 0 Å². The number of benzene rings is 3. The second-order valence-electron chi connectivity index (χ2n) is 10.3. The zero-order valence-corrected chi connectivity index (χ0v) is 22.8. The number of alkyl halides is 1. The van der Waals surface area contributed by atoms with Crippen LogP contribution >= 0.6 is 0 Å². The smallest absolute Gasteiger partial charge is 0.184 e. The van der Waals surface area contributed by atoms with E-state index in [1.807, 2.05) is 42.5 Å². The number of hydrogen-bond acceptors (Lipinski definition) is 1. The third-order valence-electron chi connectivity index (χ3n) is 7.50. The first-order valence-corrected chi connectivity index (χ1v) is 14.2. The van der Waals surface area contributed by atoms with E-state index in [0.29, 0.717) is 24.2 Å². The summed E-state index contributed by atoms with van der Waals surface area (Å²) in [7, 11) is 0. The van der Waals surface area contributed by atoms with Gasteiger partial charge in [0.1, 0.15) is 11.4 Å².